The highest BCUT2D eigenvalue weighted by atomic mass is 35.5. The van der Waals surface area contributed by atoms with Crippen LogP contribution >= 0.6 is 11.6 Å². The molecule has 1 heterocycles. The molecule has 0 bridgehead atoms. The molecule has 0 fully saturated rings. The van der Waals surface area contributed by atoms with Crippen LogP contribution in [0, 0.1) is 0 Å². The number of ether oxygens (including phenoxy) is 1. The van der Waals surface area contributed by atoms with Crippen LogP contribution in [0.4, 0.5) is 0 Å². The molecule has 0 aliphatic heterocycles. The van der Waals surface area contributed by atoms with Crippen LogP contribution in [0.25, 0.3) is 10.9 Å². The van der Waals surface area contributed by atoms with E-state index in [-0.39, 0.29) is 5.78 Å². The number of Topliss-reactive ketones (excluding diaryl/α,β-unsaturated/α-hetero) is 1. The van der Waals surface area contributed by atoms with Crippen molar-refractivity contribution in [2.24, 2.45) is 0 Å². The van der Waals surface area contributed by atoms with E-state index in [0.29, 0.717) is 28.5 Å². The van der Waals surface area contributed by atoms with Gasteiger partial charge in [-0.2, -0.15) is 0 Å². The maximum Gasteiger partial charge on any atom is 0.162 e. The van der Waals surface area contributed by atoms with Gasteiger partial charge in [0.25, 0.3) is 0 Å². The molecule has 1 aromatic heterocycles. The second kappa shape index (κ2) is 6.16. The molecular formula is C18H14ClNO2. The predicted molar refractivity (Wildman–Crippen MR) is 87.9 cm³/mol. The Morgan fingerprint density at radius 2 is 1.91 bits per heavy atom. The summed E-state index contributed by atoms with van der Waals surface area (Å²) in [7, 11) is 0. The topological polar surface area (TPSA) is 39.2 Å². The van der Waals surface area contributed by atoms with Crippen LogP contribution in [0.3, 0.4) is 0 Å². The van der Waals surface area contributed by atoms with Gasteiger partial charge in [0.2, 0.25) is 0 Å². The molecular weight excluding hydrogens is 298 g/mol. The van der Waals surface area contributed by atoms with Crippen LogP contribution in [0.2, 0.25) is 5.02 Å². The second-order valence-electron chi connectivity index (χ2n) is 4.87. The van der Waals surface area contributed by atoms with Crippen molar-refractivity contribution in [1.82, 2.24) is 4.98 Å². The molecule has 4 heteroatoms. The van der Waals surface area contributed by atoms with Gasteiger partial charge in [-0.15, -0.1) is 0 Å². The lowest BCUT2D eigenvalue weighted by Crippen LogP contribution is -1.95. The number of fused-ring (bicyclic) bond motifs is 1. The number of aromatic nitrogens is 1. The Balaban J connectivity index is 1.91. The van der Waals surface area contributed by atoms with Crippen LogP contribution in [-0.4, -0.2) is 10.8 Å². The van der Waals surface area contributed by atoms with E-state index >= 15 is 0 Å². The molecule has 2 aromatic carbocycles. The Morgan fingerprint density at radius 1 is 1.14 bits per heavy atom. The summed E-state index contributed by atoms with van der Waals surface area (Å²) in [5.74, 6) is 1.50. The number of hydrogen-bond donors (Lipinski definition) is 0. The average molecular weight is 312 g/mol. The number of rotatable bonds is 4. The maximum absolute atomic E-state index is 11.6. The zero-order chi connectivity index (χ0) is 15.5. The summed E-state index contributed by atoms with van der Waals surface area (Å²) in [5, 5.41) is 1.53. The average Bonchev–Trinajstić information content (AvgIpc) is 2.55. The molecule has 0 saturated heterocycles. The van der Waals surface area contributed by atoms with Crippen LogP contribution in [0.15, 0.2) is 54.7 Å². The van der Waals surface area contributed by atoms with Crippen molar-refractivity contribution < 1.29 is 9.53 Å². The molecule has 0 N–H and O–H groups in total. The summed E-state index contributed by atoms with van der Waals surface area (Å²) in [4.78, 5) is 15.9. The molecule has 3 rings (SSSR count). The van der Waals surface area contributed by atoms with Crippen molar-refractivity contribution in [1.29, 1.82) is 0 Å². The monoisotopic (exact) mass is 311 g/mol. The molecule has 110 valence electrons. The lowest BCUT2D eigenvalue weighted by molar-refractivity contribution is 0.0988. The lowest BCUT2D eigenvalue weighted by atomic mass is 10.1. The van der Waals surface area contributed by atoms with Gasteiger partial charge in [0.15, 0.2) is 5.78 Å². The quantitative estimate of drug-likeness (QED) is 0.616. The van der Waals surface area contributed by atoms with E-state index in [1.54, 1.807) is 48.7 Å². The fraction of sp³-hybridized carbons (Fsp3) is 0.111. The Labute approximate surface area is 133 Å². The van der Waals surface area contributed by atoms with Crippen molar-refractivity contribution in [2.45, 2.75) is 13.3 Å². The van der Waals surface area contributed by atoms with Gasteiger partial charge in [0, 0.05) is 28.6 Å². The normalized spacial score (nSPS) is 10.6. The largest absolute Gasteiger partial charge is 0.457 e. The number of nitrogens with zero attached hydrogens (tertiary/aromatic N) is 1. The van der Waals surface area contributed by atoms with E-state index < -0.39 is 0 Å². The highest BCUT2D eigenvalue weighted by Gasteiger charge is 2.07. The number of hydrogen-bond acceptors (Lipinski definition) is 3. The van der Waals surface area contributed by atoms with E-state index in [1.165, 1.54) is 0 Å². The van der Waals surface area contributed by atoms with E-state index in [0.717, 1.165) is 10.9 Å². The van der Waals surface area contributed by atoms with Gasteiger partial charge in [-0.25, -0.2) is 0 Å². The predicted octanol–water partition coefficient (Wildman–Crippen LogP) is 5.27. The smallest absolute Gasteiger partial charge is 0.162 e. The van der Waals surface area contributed by atoms with Crippen LogP contribution < -0.4 is 4.74 Å². The maximum atomic E-state index is 11.6. The van der Waals surface area contributed by atoms with E-state index in [4.69, 9.17) is 16.3 Å². The van der Waals surface area contributed by atoms with Gasteiger partial charge in [-0.3, -0.25) is 9.78 Å². The van der Waals surface area contributed by atoms with Crippen molar-refractivity contribution in [3.05, 3.63) is 65.3 Å². The standard InChI is InChI=1S/C18H14ClNO2/c1-2-17(21)12-3-6-14(7-4-12)22-18-9-10-20-16-11-13(19)5-8-15(16)18/h3-11H,2H2,1H3. The Morgan fingerprint density at radius 3 is 2.64 bits per heavy atom. The highest BCUT2D eigenvalue weighted by molar-refractivity contribution is 6.31. The third-order valence-electron chi connectivity index (χ3n) is 3.39. The van der Waals surface area contributed by atoms with Gasteiger partial charge in [0.1, 0.15) is 11.5 Å². The van der Waals surface area contributed by atoms with Crippen molar-refractivity contribution in [3.63, 3.8) is 0 Å². The van der Waals surface area contributed by atoms with Crippen molar-refractivity contribution in [2.75, 3.05) is 0 Å². The molecule has 0 unspecified atom stereocenters. The van der Waals surface area contributed by atoms with E-state index in [9.17, 15) is 4.79 Å². The second-order valence-corrected chi connectivity index (χ2v) is 5.31. The number of pyridine rings is 1. The lowest BCUT2D eigenvalue weighted by Gasteiger charge is -2.09. The molecule has 0 aliphatic rings. The third-order valence-corrected chi connectivity index (χ3v) is 3.63. The fourth-order valence-corrected chi connectivity index (χ4v) is 2.39. The third kappa shape index (κ3) is 2.95. The van der Waals surface area contributed by atoms with Gasteiger partial charge in [-0.1, -0.05) is 18.5 Å². The summed E-state index contributed by atoms with van der Waals surface area (Å²) in [6.45, 7) is 1.85. The summed E-state index contributed by atoms with van der Waals surface area (Å²) in [5.41, 5.74) is 1.48. The van der Waals surface area contributed by atoms with Gasteiger partial charge in [-0.05, 0) is 48.5 Å². The minimum absolute atomic E-state index is 0.121. The molecule has 0 atom stereocenters. The number of carbonyl (C=O) groups excluding carboxylic acids is 1. The Bertz CT molecular complexity index is 828. The van der Waals surface area contributed by atoms with Crippen LogP contribution in [0.5, 0.6) is 11.5 Å². The Kier molecular flexibility index (Phi) is 4.07. The van der Waals surface area contributed by atoms with Crippen molar-refractivity contribution >= 4 is 28.3 Å². The van der Waals surface area contributed by atoms with E-state index in [1.807, 2.05) is 13.0 Å². The first-order valence-electron chi connectivity index (χ1n) is 7.03. The number of halogens is 1. The van der Waals surface area contributed by atoms with Gasteiger partial charge in [0.05, 0.1) is 5.52 Å². The fourth-order valence-electron chi connectivity index (χ4n) is 2.22. The zero-order valence-corrected chi connectivity index (χ0v) is 12.8. The first kappa shape index (κ1) is 14.5. The van der Waals surface area contributed by atoms with Crippen LogP contribution in [0.1, 0.15) is 23.7 Å². The van der Waals surface area contributed by atoms with Gasteiger partial charge >= 0.3 is 0 Å². The first-order valence-corrected chi connectivity index (χ1v) is 7.40. The molecule has 0 aliphatic carbocycles. The molecule has 0 spiro atoms. The minimum Gasteiger partial charge on any atom is -0.457 e. The molecule has 0 saturated carbocycles. The molecule has 0 radical (unpaired) electrons. The van der Waals surface area contributed by atoms with Gasteiger partial charge < -0.3 is 4.74 Å². The Hall–Kier alpha value is -2.39. The summed E-state index contributed by atoms with van der Waals surface area (Å²) >= 11 is 5.98. The van der Waals surface area contributed by atoms with E-state index in [2.05, 4.69) is 4.98 Å². The molecule has 3 nitrogen and oxygen atoms in total. The number of carbonyl (C=O) groups is 1. The molecule has 3 aromatic rings. The number of benzene rings is 2. The summed E-state index contributed by atoms with van der Waals surface area (Å²) < 4.78 is 5.91. The van der Waals surface area contributed by atoms with Crippen molar-refractivity contribution in [3.8, 4) is 11.5 Å². The summed E-state index contributed by atoms with van der Waals surface area (Å²) in [6.07, 6.45) is 2.18. The first-order chi connectivity index (χ1) is 10.7. The zero-order valence-electron chi connectivity index (χ0n) is 12.0. The SMILES string of the molecule is CCC(=O)c1ccc(Oc2ccnc3cc(Cl)ccc23)cc1. The van der Waals surface area contributed by atoms with Crippen LogP contribution in [-0.2, 0) is 0 Å². The highest BCUT2D eigenvalue weighted by Crippen LogP contribution is 2.30. The summed E-state index contributed by atoms with van der Waals surface area (Å²) in [6, 6.07) is 14.4. The molecule has 0 amide bonds. The minimum atomic E-state index is 0.121. The molecule has 22 heavy (non-hydrogen) atoms. The number of ketones is 1.